The van der Waals surface area contributed by atoms with Crippen molar-refractivity contribution < 1.29 is 23.9 Å². The van der Waals surface area contributed by atoms with E-state index in [4.69, 9.17) is 9.47 Å². The second kappa shape index (κ2) is 13.5. The second-order valence-electron chi connectivity index (χ2n) is 10.3. The van der Waals surface area contributed by atoms with Gasteiger partial charge in [-0.25, -0.2) is 0 Å². The van der Waals surface area contributed by atoms with Crippen LogP contribution in [0.5, 0.6) is 0 Å². The van der Waals surface area contributed by atoms with Crippen LogP contribution >= 0.6 is 11.8 Å². The summed E-state index contributed by atoms with van der Waals surface area (Å²) < 4.78 is 10.5. The van der Waals surface area contributed by atoms with Crippen LogP contribution in [0.15, 0.2) is 94.7 Å². The minimum absolute atomic E-state index is 0.0911. The summed E-state index contributed by atoms with van der Waals surface area (Å²) in [6.07, 6.45) is 0.996. The maximum absolute atomic E-state index is 12.0. The second-order valence-corrected chi connectivity index (χ2v) is 11.4. The van der Waals surface area contributed by atoms with Gasteiger partial charge in [0.15, 0.2) is 0 Å². The Kier molecular flexibility index (Phi) is 9.84. The van der Waals surface area contributed by atoms with Crippen molar-refractivity contribution in [3.63, 3.8) is 0 Å². The molecule has 4 rings (SSSR count). The fraction of sp³-hybridized carbons (Fsp3) is 0.265. The van der Waals surface area contributed by atoms with Gasteiger partial charge in [-0.2, -0.15) is 0 Å². The first kappa shape index (κ1) is 29.9. The summed E-state index contributed by atoms with van der Waals surface area (Å²) in [5.74, 6) is -1.24. The molecule has 7 heteroatoms. The maximum Gasteiger partial charge on any atom is 0.302 e. The minimum Gasteiger partial charge on any atom is -0.463 e. The van der Waals surface area contributed by atoms with E-state index in [0.29, 0.717) is 12.8 Å². The van der Waals surface area contributed by atoms with Crippen LogP contribution in [-0.4, -0.2) is 36.6 Å². The largest absolute Gasteiger partial charge is 0.463 e. The number of amides is 1. The molecular weight excluding hydrogens is 534 g/mol. The first-order valence-corrected chi connectivity index (χ1v) is 14.4. The Morgan fingerprint density at radius 2 is 1.37 bits per heavy atom. The number of rotatable bonds is 11. The predicted octanol–water partition coefficient (Wildman–Crippen LogP) is 6.90. The van der Waals surface area contributed by atoms with Crippen LogP contribution in [-0.2, 0) is 30.3 Å². The van der Waals surface area contributed by atoms with E-state index < -0.39 is 17.5 Å². The molecule has 0 saturated heterocycles. The van der Waals surface area contributed by atoms with Gasteiger partial charge in [-0.05, 0) is 65.4 Å². The fourth-order valence-electron chi connectivity index (χ4n) is 4.76. The molecule has 0 aliphatic heterocycles. The topological polar surface area (TPSA) is 81.7 Å². The highest BCUT2D eigenvalue weighted by Gasteiger charge is 2.34. The molecule has 0 aliphatic rings. The van der Waals surface area contributed by atoms with Crippen LogP contribution in [0.25, 0.3) is 21.9 Å². The average molecular weight is 570 g/mol. The molecule has 212 valence electrons. The molecule has 0 fully saturated rings. The van der Waals surface area contributed by atoms with Gasteiger partial charge in [0.1, 0.15) is 18.8 Å². The van der Waals surface area contributed by atoms with Crippen LogP contribution in [0.2, 0.25) is 0 Å². The number of nitrogens with one attached hydrogen (secondary N) is 1. The molecule has 0 saturated carbocycles. The third-order valence-electron chi connectivity index (χ3n) is 6.83. The lowest BCUT2D eigenvalue weighted by atomic mass is 9.91. The van der Waals surface area contributed by atoms with Crippen LogP contribution in [0, 0.1) is 6.92 Å². The standard InChI is InChI=1S/C34H35NO5S/c1-23-11-17-29(18-12-23)41-33-10-6-8-31-30(7-5-9-32(31)33)28-15-13-27(14-16-28)19-20-34(35-24(2)36,21-39-25(3)37)22-40-26(4)38/h5-18H,19-22H2,1-4H3,(H,35,36). The van der Waals surface area contributed by atoms with Gasteiger partial charge < -0.3 is 14.8 Å². The third-order valence-corrected chi connectivity index (χ3v) is 7.92. The summed E-state index contributed by atoms with van der Waals surface area (Å²) in [4.78, 5) is 37.5. The third kappa shape index (κ3) is 8.21. The zero-order chi connectivity index (χ0) is 29.4. The van der Waals surface area contributed by atoms with Gasteiger partial charge in [-0.15, -0.1) is 0 Å². The van der Waals surface area contributed by atoms with Crippen LogP contribution < -0.4 is 5.32 Å². The summed E-state index contributed by atoms with van der Waals surface area (Å²) in [7, 11) is 0. The van der Waals surface area contributed by atoms with Crippen molar-refractivity contribution >= 4 is 40.4 Å². The highest BCUT2D eigenvalue weighted by atomic mass is 32.2. The number of fused-ring (bicyclic) bond motifs is 1. The van der Waals surface area contributed by atoms with E-state index in [1.54, 1.807) is 11.8 Å². The summed E-state index contributed by atoms with van der Waals surface area (Å²) in [5, 5.41) is 5.25. The summed E-state index contributed by atoms with van der Waals surface area (Å²) >= 11 is 1.76. The number of benzene rings is 4. The highest BCUT2D eigenvalue weighted by Crippen LogP contribution is 2.37. The van der Waals surface area contributed by atoms with E-state index in [1.807, 2.05) is 0 Å². The molecule has 4 aromatic rings. The van der Waals surface area contributed by atoms with E-state index in [1.165, 1.54) is 46.9 Å². The predicted molar refractivity (Wildman–Crippen MR) is 163 cm³/mol. The number of hydrogen-bond donors (Lipinski definition) is 1. The molecular formula is C34H35NO5S. The lowest BCUT2D eigenvalue weighted by molar-refractivity contribution is -0.150. The van der Waals surface area contributed by atoms with Gasteiger partial charge in [0.2, 0.25) is 5.91 Å². The van der Waals surface area contributed by atoms with Crippen molar-refractivity contribution in [3.05, 3.63) is 96.1 Å². The first-order valence-electron chi connectivity index (χ1n) is 13.6. The van der Waals surface area contributed by atoms with Crippen molar-refractivity contribution in [2.24, 2.45) is 0 Å². The normalized spacial score (nSPS) is 11.2. The lowest BCUT2D eigenvalue weighted by Gasteiger charge is -2.33. The maximum atomic E-state index is 12.0. The monoisotopic (exact) mass is 569 g/mol. The molecule has 4 aromatic carbocycles. The Balaban J connectivity index is 1.55. The summed E-state index contributed by atoms with van der Waals surface area (Å²) in [6.45, 7) is 5.91. The molecule has 41 heavy (non-hydrogen) atoms. The number of hydrogen-bond acceptors (Lipinski definition) is 6. The number of aryl methyl sites for hydroxylation is 2. The number of carbonyl (C=O) groups excluding carboxylic acids is 3. The van der Waals surface area contributed by atoms with Gasteiger partial charge >= 0.3 is 11.9 Å². The van der Waals surface area contributed by atoms with E-state index >= 15 is 0 Å². The molecule has 0 aliphatic carbocycles. The van der Waals surface area contributed by atoms with Crippen molar-refractivity contribution in [1.29, 1.82) is 0 Å². The molecule has 0 spiro atoms. The number of esters is 2. The lowest BCUT2D eigenvalue weighted by Crippen LogP contribution is -2.55. The van der Waals surface area contributed by atoms with E-state index in [9.17, 15) is 14.4 Å². The van der Waals surface area contributed by atoms with E-state index in [-0.39, 0.29) is 19.1 Å². The van der Waals surface area contributed by atoms with Gasteiger partial charge in [0, 0.05) is 30.6 Å². The van der Waals surface area contributed by atoms with Crippen molar-refractivity contribution in [2.45, 2.75) is 55.9 Å². The van der Waals surface area contributed by atoms with Crippen molar-refractivity contribution in [3.8, 4) is 11.1 Å². The van der Waals surface area contributed by atoms with Gasteiger partial charge in [0.05, 0.1) is 0 Å². The fourth-order valence-corrected chi connectivity index (χ4v) is 5.72. The van der Waals surface area contributed by atoms with Crippen LogP contribution in [0.4, 0.5) is 0 Å². The van der Waals surface area contributed by atoms with Gasteiger partial charge in [-0.3, -0.25) is 14.4 Å². The average Bonchev–Trinajstić information content (AvgIpc) is 2.95. The Hall–Kier alpha value is -4.10. The van der Waals surface area contributed by atoms with Gasteiger partial charge in [-0.1, -0.05) is 84.1 Å². The van der Waals surface area contributed by atoms with E-state index in [2.05, 4.69) is 97.2 Å². The molecule has 0 aromatic heterocycles. The van der Waals surface area contributed by atoms with E-state index in [0.717, 1.165) is 16.7 Å². The first-order chi connectivity index (χ1) is 19.6. The minimum atomic E-state index is -1.02. The molecule has 6 nitrogen and oxygen atoms in total. The van der Waals surface area contributed by atoms with Crippen molar-refractivity contribution in [2.75, 3.05) is 13.2 Å². The molecule has 0 atom stereocenters. The van der Waals surface area contributed by atoms with Gasteiger partial charge in [0.25, 0.3) is 0 Å². The highest BCUT2D eigenvalue weighted by molar-refractivity contribution is 7.99. The molecule has 1 amide bonds. The van der Waals surface area contributed by atoms with Crippen LogP contribution in [0.1, 0.15) is 38.3 Å². The molecule has 0 bridgehead atoms. The Bertz CT molecular complexity index is 1510. The Labute approximate surface area is 245 Å². The quantitative estimate of drug-likeness (QED) is 0.198. The SMILES string of the molecule is CC(=O)NC(CCc1ccc(-c2cccc3c(Sc4ccc(C)cc4)cccc23)cc1)(COC(C)=O)COC(C)=O. The molecule has 0 heterocycles. The Morgan fingerprint density at radius 3 is 1.98 bits per heavy atom. The van der Waals surface area contributed by atoms with Crippen molar-refractivity contribution in [1.82, 2.24) is 5.32 Å². The number of carbonyl (C=O) groups is 3. The summed E-state index contributed by atoms with van der Waals surface area (Å²) in [5.41, 5.74) is 3.52. The number of ether oxygens (including phenoxy) is 2. The smallest absolute Gasteiger partial charge is 0.302 e. The molecule has 0 unspecified atom stereocenters. The zero-order valence-corrected chi connectivity index (χ0v) is 24.7. The molecule has 0 radical (unpaired) electrons. The Morgan fingerprint density at radius 1 is 0.756 bits per heavy atom. The summed E-state index contributed by atoms with van der Waals surface area (Å²) in [6, 6.07) is 29.7. The molecule has 1 N–H and O–H groups in total. The van der Waals surface area contributed by atoms with Crippen LogP contribution in [0.3, 0.4) is 0 Å². The zero-order valence-electron chi connectivity index (χ0n) is 23.9.